The molecule has 1 aliphatic heterocycles. The maximum atomic E-state index is 12.9. The number of amides is 1. The number of carbonyl (C=O) groups is 2. The Hall–Kier alpha value is -2.91. The molecule has 3 rings (SSSR count). The SMILES string of the molecule is O=C(O)CC[C@@H]1CCCN(C(=O)c2cn(-c3cccc(C(F)(F)F)c3)nn2)C1. The largest absolute Gasteiger partial charge is 0.481 e. The van der Waals surface area contributed by atoms with E-state index < -0.39 is 17.7 Å². The van der Waals surface area contributed by atoms with E-state index in [2.05, 4.69) is 10.3 Å². The Kier molecular flexibility index (Phi) is 5.66. The van der Waals surface area contributed by atoms with Crippen molar-refractivity contribution in [2.45, 2.75) is 31.9 Å². The van der Waals surface area contributed by atoms with Crippen LogP contribution in [0.15, 0.2) is 30.5 Å². The van der Waals surface area contributed by atoms with Gasteiger partial charge in [-0.2, -0.15) is 13.2 Å². The highest BCUT2D eigenvalue weighted by Gasteiger charge is 2.31. The van der Waals surface area contributed by atoms with Gasteiger partial charge in [-0.05, 0) is 43.4 Å². The van der Waals surface area contributed by atoms with E-state index in [1.165, 1.54) is 18.3 Å². The average Bonchev–Trinajstić information content (AvgIpc) is 3.15. The number of aromatic nitrogens is 3. The van der Waals surface area contributed by atoms with Crippen LogP contribution in [0.25, 0.3) is 5.69 Å². The molecule has 1 amide bonds. The number of hydrogen-bond donors (Lipinski definition) is 1. The summed E-state index contributed by atoms with van der Waals surface area (Å²) in [6.45, 7) is 0.960. The molecule has 0 bridgehead atoms. The van der Waals surface area contributed by atoms with E-state index in [0.29, 0.717) is 19.5 Å². The summed E-state index contributed by atoms with van der Waals surface area (Å²) in [7, 11) is 0. The number of carbonyl (C=O) groups excluding carboxylic acids is 1. The van der Waals surface area contributed by atoms with Crippen molar-refractivity contribution >= 4 is 11.9 Å². The molecule has 1 saturated heterocycles. The molecule has 7 nitrogen and oxygen atoms in total. The summed E-state index contributed by atoms with van der Waals surface area (Å²) in [4.78, 5) is 25.0. The summed E-state index contributed by atoms with van der Waals surface area (Å²) in [5, 5.41) is 16.4. The first kappa shape index (κ1) is 19.8. The summed E-state index contributed by atoms with van der Waals surface area (Å²) >= 11 is 0. The first-order valence-corrected chi connectivity index (χ1v) is 8.85. The molecule has 1 aliphatic rings. The monoisotopic (exact) mass is 396 g/mol. The molecule has 0 spiro atoms. The minimum absolute atomic E-state index is 0.0382. The lowest BCUT2D eigenvalue weighted by atomic mass is 9.93. The van der Waals surface area contributed by atoms with Crippen LogP contribution in [0.3, 0.4) is 0 Å². The second kappa shape index (κ2) is 7.99. The van der Waals surface area contributed by atoms with Crippen LogP contribution in [0.1, 0.15) is 41.7 Å². The van der Waals surface area contributed by atoms with Gasteiger partial charge in [0, 0.05) is 19.5 Å². The topological polar surface area (TPSA) is 88.3 Å². The molecule has 0 aliphatic carbocycles. The van der Waals surface area contributed by atoms with E-state index in [9.17, 15) is 22.8 Å². The number of carboxylic acids is 1. The Balaban J connectivity index is 1.71. The second-order valence-corrected chi connectivity index (χ2v) is 6.79. The Labute approximate surface area is 158 Å². The molecule has 1 N–H and O–H groups in total. The molecule has 1 aromatic heterocycles. The van der Waals surface area contributed by atoms with Crippen LogP contribution in [-0.4, -0.2) is 50.0 Å². The number of hydrogen-bond acceptors (Lipinski definition) is 4. The van der Waals surface area contributed by atoms with Gasteiger partial charge in [0.2, 0.25) is 0 Å². The zero-order valence-corrected chi connectivity index (χ0v) is 14.9. The van der Waals surface area contributed by atoms with Crippen LogP contribution in [0, 0.1) is 5.92 Å². The molecule has 28 heavy (non-hydrogen) atoms. The maximum Gasteiger partial charge on any atom is 0.416 e. The van der Waals surface area contributed by atoms with Gasteiger partial charge in [0.1, 0.15) is 0 Å². The molecular formula is C18H19F3N4O3. The third-order valence-corrected chi connectivity index (χ3v) is 4.72. The van der Waals surface area contributed by atoms with Gasteiger partial charge in [0.15, 0.2) is 5.69 Å². The number of aliphatic carboxylic acids is 1. The van der Waals surface area contributed by atoms with Crippen LogP contribution in [0.4, 0.5) is 13.2 Å². The molecule has 2 heterocycles. The van der Waals surface area contributed by atoms with Crippen molar-refractivity contribution < 1.29 is 27.9 Å². The number of halogens is 3. The average molecular weight is 396 g/mol. The number of rotatable bonds is 5. The van der Waals surface area contributed by atoms with Crippen LogP contribution in [0.5, 0.6) is 0 Å². The highest BCUT2D eigenvalue weighted by molar-refractivity contribution is 5.92. The quantitative estimate of drug-likeness (QED) is 0.839. The lowest BCUT2D eigenvalue weighted by Crippen LogP contribution is -2.40. The first-order chi connectivity index (χ1) is 13.2. The summed E-state index contributed by atoms with van der Waals surface area (Å²) in [6, 6.07) is 4.60. The van der Waals surface area contributed by atoms with Crippen molar-refractivity contribution in [2.24, 2.45) is 5.92 Å². The third kappa shape index (κ3) is 4.68. The molecule has 2 aromatic rings. The van der Waals surface area contributed by atoms with Crippen molar-refractivity contribution in [1.82, 2.24) is 19.9 Å². The third-order valence-electron chi connectivity index (χ3n) is 4.72. The fourth-order valence-electron chi connectivity index (χ4n) is 3.29. The minimum atomic E-state index is -4.48. The number of carboxylic acid groups (broad SMARTS) is 1. The number of benzene rings is 1. The van der Waals surface area contributed by atoms with E-state index in [1.807, 2.05) is 0 Å². The number of piperidine rings is 1. The molecule has 1 fully saturated rings. The lowest BCUT2D eigenvalue weighted by Gasteiger charge is -2.32. The van der Waals surface area contributed by atoms with E-state index in [-0.39, 0.29) is 29.6 Å². The summed E-state index contributed by atoms with van der Waals surface area (Å²) in [5.41, 5.74) is -0.624. The van der Waals surface area contributed by atoms with Crippen LogP contribution < -0.4 is 0 Å². The van der Waals surface area contributed by atoms with Gasteiger partial charge in [0.25, 0.3) is 5.91 Å². The van der Waals surface area contributed by atoms with Gasteiger partial charge in [-0.15, -0.1) is 5.10 Å². The van der Waals surface area contributed by atoms with Gasteiger partial charge < -0.3 is 10.0 Å². The predicted octanol–water partition coefficient (Wildman–Crippen LogP) is 3.00. The van der Waals surface area contributed by atoms with Gasteiger partial charge in [-0.3, -0.25) is 9.59 Å². The van der Waals surface area contributed by atoms with Crippen LogP contribution >= 0.6 is 0 Å². The molecule has 0 unspecified atom stereocenters. The highest BCUT2D eigenvalue weighted by Crippen LogP contribution is 2.30. The zero-order chi connectivity index (χ0) is 20.3. The Morgan fingerprint density at radius 1 is 1.29 bits per heavy atom. The molecule has 0 saturated carbocycles. The zero-order valence-electron chi connectivity index (χ0n) is 14.9. The smallest absolute Gasteiger partial charge is 0.416 e. The van der Waals surface area contributed by atoms with Crippen molar-refractivity contribution in [3.8, 4) is 5.69 Å². The molecule has 1 atom stereocenters. The predicted molar refractivity (Wildman–Crippen MR) is 91.9 cm³/mol. The van der Waals surface area contributed by atoms with E-state index >= 15 is 0 Å². The molecule has 10 heteroatoms. The summed E-state index contributed by atoms with van der Waals surface area (Å²) in [6.07, 6.45) is -1.01. The Morgan fingerprint density at radius 3 is 2.79 bits per heavy atom. The highest BCUT2D eigenvalue weighted by atomic mass is 19.4. The van der Waals surface area contributed by atoms with Gasteiger partial charge in [-0.25, -0.2) is 4.68 Å². The summed E-state index contributed by atoms with van der Waals surface area (Å²) in [5.74, 6) is -1.13. The second-order valence-electron chi connectivity index (χ2n) is 6.79. The van der Waals surface area contributed by atoms with E-state index in [0.717, 1.165) is 29.7 Å². The standard InChI is InChI=1S/C18H19F3N4O3/c19-18(20,21)13-4-1-5-14(9-13)25-11-15(22-23-25)17(28)24-8-2-3-12(10-24)6-7-16(26)27/h1,4-5,9,11-12H,2-3,6-8,10H2,(H,26,27)/t12-/m0/s1. The number of likely N-dealkylation sites (tertiary alicyclic amines) is 1. The Morgan fingerprint density at radius 2 is 2.07 bits per heavy atom. The fraction of sp³-hybridized carbons (Fsp3) is 0.444. The van der Waals surface area contributed by atoms with Gasteiger partial charge >= 0.3 is 12.1 Å². The lowest BCUT2D eigenvalue weighted by molar-refractivity contribution is -0.138. The fourth-order valence-corrected chi connectivity index (χ4v) is 3.29. The van der Waals surface area contributed by atoms with Crippen LogP contribution in [0.2, 0.25) is 0 Å². The van der Waals surface area contributed by atoms with Gasteiger partial charge in [-0.1, -0.05) is 11.3 Å². The maximum absolute atomic E-state index is 12.9. The molecule has 150 valence electrons. The first-order valence-electron chi connectivity index (χ1n) is 8.85. The minimum Gasteiger partial charge on any atom is -0.481 e. The van der Waals surface area contributed by atoms with Crippen molar-refractivity contribution in [3.63, 3.8) is 0 Å². The molecule has 1 aromatic carbocycles. The van der Waals surface area contributed by atoms with Crippen molar-refractivity contribution in [3.05, 3.63) is 41.7 Å². The summed E-state index contributed by atoms with van der Waals surface area (Å²) < 4.78 is 39.7. The molecular weight excluding hydrogens is 377 g/mol. The Bertz CT molecular complexity index is 866. The van der Waals surface area contributed by atoms with Crippen molar-refractivity contribution in [2.75, 3.05) is 13.1 Å². The number of alkyl halides is 3. The van der Waals surface area contributed by atoms with E-state index in [4.69, 9.17) is 5.11 Å². The van der Waals surface area contributed by atoms with Gasteiger partial charge in [0.05, 0.1) is 17.4 Å². The van der Waals surface area contributed by atoms with Crippen molar-refractivity contribution in [1.29, 1.82) is 0 Å². The normalized spacial score (nSPS) is 17.5. The van der Waals surface area contributed by atoms with E-state index in [1.54, 1.807) is 4.90 Å². The number of nitrogens with zero attached hydrogens (tertiary/aromatic N) is 4. The molecule has 0 radical (unpaired) electrons. The van der Waals surface area contributed by atoms with Crippen LogP contribution in [-0.2, 0) is 11.0 Å².